The second-order valence-electron chi connectivity index (χ2n) is 6.30. The lowest BCUT2D eigenvalue weighted by atomic mass is 9.92. The summed E-state index contributed by atoms with van der Waals surface area (Å²) in [5.41, 5.74) is 1.42. The lowest BCUT2D eigenvalue weighted by Crippen LogP contribution is -2.40. The van der Waals surface area contributed by atoms with Crippen molar-refractivity contribution in [1.82, 2.24) is 4.90 Å². The van der Waals surface area contributed by atoms with Crippen LogP contribution in [0.15, 0.2) is 30.3 Å². The minimum Gasteiger partial charge on any atom is -0.371 e. The average Bonchev–Trinajstić information content (AvgIpc) is 2.86. The van der Waals surface area contributed by atoms with Crippen molar-refractivity contribution < 1.29 is 0 Å². The maximum Gasteiger partial charge on any atom is 0.0366 e. The molecule has 2 heterocycles. The SMILES string of the molecule is c1ccc(N2CC3CN(C4CCC4)CC3C2)cc1. The Bertz CT molecular complexity index is 398. The van der Waals surface area contributed by atoms with E-state index in [0.29, 0.717) is 0 Å². The van der Waals surface area contributed by atoms with Gasteiger partial charge in [0.25, 0.3) is 0 Å². The third kappa shape index (κ3) is 1.74. The van der Waals surface area contributed by atoms with E-state index in [1.165, 1.54) is 51.1 Å². The molecule has 2 saturated heterocycles. The first-order valence-electron chi connectivity index (χ1n) is 7.44. The highest BCUT2D eigenvalue weighted by Crippen LogP contribution is 2.37. The first-order valence-corrected chi connectivity index (χ1v) is 7.44. The molecule has 3 fully saturated rings. The van der Waals surface area contributed by atoms with Crippen molar-refractivity contribution >= 4 is 5.69 Å². The van der Waals surface area contributed by atoms with Crippen molar-refractivity contribution in [2.75, 3.05) is 31.1 Å². The molecule has 0 bridgehead atoms. The van der Waals surface area contributed by atoms with E-state index >= 15 is 0 Å². The quantitative estimate of drug-likeness (QED) is 0.786. The number of hydrogen-bond acceptors (Lipinski definition) is 2. The van der Waals surface area contributed by atoms with Crippen LogP contribution in [-0.2, 0) is 0 Å². The smallest absolute Gasteiger partial charge is 0.0366 e. The van der Waals surface area contributed by atoms with E-state index in [2.05, 4.69) is 40.1 Å². The van der Waals surface area contributed by atoms with Crippen LogP contribution in [0.2, 0.25) is 0 Å². The average molecular weight is 242 g/mol. The zero-order valence-electron chi connectivity index (χ0n) is 11.0. The Balaban J connectivity index is 1.42. The standard InChI is InChI=1S/C16H22N2/c1-2-5-15(6-3-1)17-9-13-11-18(12-14(13)10-17)16-7-4-8-16/h1-3,5-6,13-14,16H,4,7-12H2. The fourth-order valence-corrected chi connectivity index (χ4v) is 3.93. The van der Waals surface area contributed by atoms with Gasteiger partial charge in [-0.3, -0.25) is 4.90 Å². The summed E-state index contributed by atoms with van der Waals surface area (Å²) in [6.07, 6.45) is 4.39. The van der Waals surface area contributed by atoms with Crippen LogP contribution in [0.3, 0.4) is 0 Å². The number of para-hydroxylation sites is 1. The third-order valence-electron chi connectivity index (χ3n) is 5.23. The summed E-state index contributed by atoms with van der Waals surface area (Å²) in [5, 5.41) is 0. The summed E-state index contributed by atoms with van der Waals surface area (Å²) in [6, 6.07) is 11.9. The Labute approximate surface area is 110 Å². The molecule has 0 aromatic heterocycles. The normalized spacial score (nSPS) is 32.6. The van der Waals surface area contributed by atoms with Crippen molar-refractivity contribution in [3.05, 3.63) is 30.3 Å². The molecule has 1 aliphatic carbocycles. The van der Waals surface area contributed by atoms with Gasteiger partial charge in [0, 0.05) is 37.9 Å². The van der Waals surface area contributed by atoms with Crippen LogP contribution in [0, 0.1) is 11.8 Å². The Morgan fingerprint density at radius 2 is 1.50 bits per heavy atom. The van der Waals surface area contributed by atoms with Gasteiger partial charge in [0.1, 0.15) is 0 Å². The molecule has 0 N–H and O–H groups in total. The van der Waals surface area contributed by atoms with Crippen LogP contribution < -0.4 is 4.90 Å². The molecule has 0 amide bonds. The van der Waals surface area contributed by atoms with Crippen LogP contribution in [-0.4, -0.2) is 37.1 Å². The molecule has 3 aliphatic rings. The molecule has 2 atom stereocenters. The van der Waals surface area contributed by atoms with Gasteiger partial charge >= 0.3 is 0 Å². The van der Waals surface area contributed by atoms with E-state index in [1.54, 1.807) is 0 Å². The topological polar surface area (TPSA) is 6.48 Å². The van der Waals surface area contributed by atoms with Crippen LogP contribution in [0.4, 0.5) is 5.69 Å². The molecule has 2 nitrogen and oxygen atoms in total. The Hall–Kier alpha value is -1.02. The van der Waals surface area contributed by atoms with E-state index < -0.39 is 0 Å². The number of benzene rings is 1. The predicted octanol–water partition coefficient (Wildman–Crippen LogP) is 2.61. The molecule has 2 aliphatic heterocycles. The van der Waals surface area contributed by atoms with Gasteiger partial charge in [0.05, 0.1) is 0 Å². The van der Waals surface area contributed by atoms with Crippen molar-refractivity contribution in [3.8, 4) is 0 Å². The number of fused-ring (bicyclic) bond motifs is 1. The zero-order valence-corrected chi connectivity index (χ0v) is 11.0. The van der Waals surface area contributed by atoms with Crippen molar-refractivity contribution in [1.29, 1.82) is 0 Å². The molecule has 4 rings (SSSR count). The first kappa shape index (κ1) is 10.9. The van der Waals surface area contributed by atoms with Gasteiger partial charge in [-0.1, -0.05) is 24.6 Å². The number of likely N-dealkylation sites (tertiary alicyclic amines) is 1. The third-order valence-corrected chi connectivity index (χ3v) is 5.23. The van der Waals surface area contributed by atoms with E-state index in [-0.39, 0.29) is 0 Å². The minimum atomic E-state index is 0.922. The summed E-state index contributed by atoms with van der Waals surface area (Å²) in [7, 11) is 0. The van der Waals surface area contributed by atoms with Crippen LogP contribution in [0.25, 0.3) is 0 Å². The number of hydrogen-bond donors (Lipinski definition) is 0. The summed E-state index contributed by atoms with van der Waals surface area (Å²) < 4.78 is 0. The molecule has 18 heavy (non-hydrogen) atoms. The van der Waals surface area contributed by atoms with Crippen molar-refractivity contribution in [2.24, 2.45) is 11.8 Å². The zero-order chi connectivity index (χ0) is 11.9. The molecule has 1 aromatic carbocycles. The predicted molar refractivity (Wildman–Crippen MR) is 74.8 cm³/mol. The summed E-state index contributed by atoms with van der Waals surface area (Å²) >= 11 is 0. The highest BCUT2D eigenvalue weighted by molar-refractivity contribution is 5.47. The first-order chi connectivity index (χ1) is 8.90. The molecule has 96 valence electrons. The summed E-state index contributed by atoms with van der Waals surface area (Å²) in [6.45, 7) is 5.27. The lowest BCUT2D eigenvalue weighted by molar-refractivity contribution is 0.149. The second kappa shape index (κ2) is 4.27. The Morgan fingerprint density at radius 3 is 2.06 bits per heavy atom. The molecule has 2 heteroatoms. The fraction of sp³-hybridized carbons (Fsp3) is 0.625. The van der Waals surface area contributed by atoms with Gasteiger partial charge in [0.15, 0.2) is 0 Å². The highest BCUT2D eigenvalue weighted by atomic mass is 15.3. The number of anilines is 1. The van der Waals surface area contributed by atoms with Gasteiger partial charge in [-0.2, -0.15) is 0 Å². The molecule has 2 unspecified atom stereocenters. The highest BCUT2D eigenvalue weighted by Gasteiger charge is 2.42. The molecule has 0 spiro atoms. The van der Waals surface area contributed by atoms with Crippen molar-refractivity contribution in [2.45, 2.75) is 25.3 Å². The Kier molecular flexibility index (Phi) is 2.58. The van der Waals surface area contributed by atoms with E-state index in [9.17, 15) is 0 Å². The molecule has 0 radical (unpaired) electrons. The molecular formula is C16H22N2. The van der Waals surface area contributed by atoms with Gasteiger partial charge in [-0.05, 0) is 36.8 Å². The van der Waals surface area contributed by atoms with E-state index in [4.69, 9.17) is 0 Å². The van der Waals surface area contributed by atoms with Gasteiger partial charge in [-0.25, -0.2) is 0 Å². The monoisotopic (exact) mass is 242 g/mol. The van der Waals surface area contributed by atoms with Gasteiger partial charge in [-0.15, -0.1) is 0 Å². The van der Waals surface area contributed by atoms with Crippen molar-refractivity contribution in [3.63, 3.8) is 0 Å². The lowest BCUT2D eigenvalue weighted by Gasteiger charge is -2.35. The largest absolute Gasteiger partial charge is 0.371 e. The van der Waals surface area contributed by atoms with Crippen LogP contribution in [0.5, 0.6) is 0 Å². The summed E-state index contributed by atoms with van der Waals surface area (Å²) in [5.74, 6) is 1.84. The maximum absolute atomic E-state index is 2.78. The fourth-order valence-electron chi connectivity index (χ4n) is 3.93. The molecule has 1 aromatic rings. The van der Waals surface area contributed by atoms with Gasteiger partial charge < -0.3 is 4.90 Å². The van der Waals surface area contributed by atoms with Gasteiger partial charge in [0.2, 0.25) is 0 Å². The molecular weight excluding hydrogens is 220 g/mol. The second-order valence-corrected chi connectivity index (χ2v) is 6.30. The van der Waals surface area contributed by atoms with E-state index in [1.807, 2.05) is 0 Å². The maximum atomic E-state index is 2.78. The Morgan fingerprint density at radius 1 is 0.833 bits per heavy atom. The molecule has 1 saturated carbocycles. The van der Waals surface area contributed by atoms with Crippen LogP contribution in [0.1, 0.15) is 19.3 Å². The minimum absolute atomic E-state index is 0.922. The van der Waals surface area contributed by atoms with Crippen LogP contribution >= 0.6 is 0 Å². The summed E-state index contributed by atoms with van der Waals surface area (Å²) in [4.78, 5) is 5.37. The number of nitrogens with zero attached hydrogens (tertiary/aromatic N) is 2. The van der Waals surface area contributed by atoms with E-state index in [0.717, 1.165) is 17.9 Å². The number of rotatable bonds is 2.